The van der Waals surface area contributed by atoms with Gasteiger partial charge in [-0.15, -0.1) is 0 Å². The lowest BCUT2D eigenvalue weighted by Crippen LogP contribution is -2.40. The van der Waals surface area contributed by atoms with E-state index in [0.717, 1.165) is 40.1 Å². The third-order valence-corrected chi connectivity index (χ3v) is 6.85. The molecule has 1 amide bonds. The topological polar surface area (TPSA) is 79.7 Å². The van der Waals surface area contributed by atoms with Crippen molar-refractivity contribution in [1.29, 1.82) is 0 Å². The van der Waals surface area contributed by atoms with Gasteiger partial charge < -0.3 is 14.7 Å². The molecule has 1 N–H and O–H groups in total. The summed E-state index contributed by atoms with van der Waals surface area (Å²) in [5, 5.41) is 9.19. The van der Waals surface area contributed by atoms with Crippen molar-refractivity contribution in [2.75, 3.05) is 18.1 Å². The van der Waals surface area contributed by atoms with Gasteiger partial charge in [0, 0.05) is 17.7 Å². The molecular formula is C33H32N2O4. The first-order chi connectivity index (χ1) is 18.8. The molecule has 0 saturated carbocycles. The smallest absolute Gasteiger partial charge is 0.305 e. The summed E-state index contributed by atoms with van der Waals surface area (Å²) in [6, 6.07) is 26.8. The van der Waals surface area contributed by atoms with E-state index in [0.29, 0.717) is 17.4 Å². The van der Waals surface area contributed by atoms with Crippen LogP contribution in [-0.2, 0) is 16.0 Å². The van der Waals surface area contributed by atoms with Gasteiger partial charge in [0.15, 0.2) is 6.61 Å². The number of amides is 1. The van der Waals surface area contributed by atoms with Gasteiger partial charge in [0.2, 0.25) is 0 Å². The number of rotatable bonds is 8. The van der Waals surface area contributed by atoms with Gasteiger partial charge in [-0.1, -0.05) is 67.9 Å². The molecule has 4 aromatic rings. The predicted molar refractivity (Wildman–Crippen MR) is 154 cm³/mol. The highest BCUT2D eigenvalue weighted by Crippen LogP contribution is 2.37. The number of hydrogen-bond donors (Lipinski definition) is 1. The third kappa shape index (κ3) is 6.01. The number of hydrogen-bond acceptors (Lipinski definition) is 4. The highest BCUT2D eigenvalue weighted by Gasteiger charge is 2.26. The molecule has 6 nitrogen and oxygen atoms in total. The number of carboxylic acid groups (broad SMARTS) is 1. The number of aromatic nitrogens is 1. The summed E-state index contributed by atoms with van der Waals surface area (Å²) in [4.78, 5) is 30.3. The summed E-state index contributed by atoms with van der Waals surface area (Å²) < 4.78 is 5.64. The van der Waals surface area contributed by atoms with E-state index in [-0.39, 0.29) is 25.5 Å². The largest absolute Gasteiger partial charge is 0.482 e. The minimum Gasteiger partial charge on any atom is -0.482 e. The zero-order chi connectivity index (χ0) is 27.5. The van der Waals surface area contributed by atoms with E-state index in [4.69, 9.17) is 9.72 Å². The van der Waals surface area contributed by atoms with Crippen LogP contribution in [0.2, 0.25) is 0 Å². The number of carbonyl (C=O) groups is 2. The number of aryl methyl sites for hydroxylation is 1. The van der Waals surface area contributed by atoms with E-state index in [2.05, 4.69) is 81.4 Å². The SMILES string of the molecule is Cc1ccc(-c2cc(-c3ccc(CC(C)C)cc3)nc(-c3ccc4c(c3)N(CCC(=O)O)C(=O)CO4)c2)cc1. The Labute approximate surface area is 228 Å². The molecule has 0 radical (unpaired) electrons. The maximum absolute atomic E-state index is 12.6. The fraction of sp³-hybridized carbons (Fsp3) is 0.242. The van der Waals surface area contributed by atoms with E-state index in [1.165, 1.54) is 16.0 Å². The molecular weight excluding hydrogens is 488 g/mol. The highest BCUT2D eigenvalue weighted by molar-refractivity contribution is 5.99. The average molecular weight is 521 g/mol. The number of carboxylic acids is 1. The van der Waals surface area contributed by atoms with Crippen LogP contribution < -0.4 is 9.64 Å². The third-order valence-electron chi connectivity index (χ3n) is 6.85. The van der Waals surface area contributed by atoms with E-state index in [1.807, 2.05) is 18.2 Å². The van der Waals surface area contributed by atoms with Crippen molar-refractivity contribution in [3.05, 3.63) is 90.0 Å². The van der Waals surface area contributed by atoms with E-state index in [9.17, 15) is 14.7 Å². The number of aliphatic carboxylic acids is 1. The summed E-state index contributed by atoms with van der Waals surface area (Å²) in [5.74, 6) is -0.0762. The summed E-state index contributed by atoms with van der Waals surface area (Å²) in [5.41, 5.74) is 8.62. The molecule has 0 bridgehead atoms. The van der Waals surface area contributed by atoms with E-state index in [1.54, 1.807) is 0 Å². The van der Waals surface area contributed by atoms with Crippen molar-refractivity contribution in [2.24, 2.45) is 5.92 Å². The summed E-state index contributed by atoms with van der Waals surface area (Å²) in [6.07, 6.45) is 0.879. The first kappa shape index (κ1) is 26.2. The minimum atomic E-state index is -0.955. The maximum atomic E-state index is 12.6. The Morgan fingerprint density at radius 3 is 2.21 bits per heavy atom. The molecule has 0 spiro atoms. The number of fused-ring (bicyclic) bond motifs is 1. The molecule has 2 heterocycles. The normalized spacial score (nSPS) is 12.8. The maximum Gasteiger partial charge on any atom is 0.305 e. The molecule has 3 aromatic carbocycles. The molecule has 0 unspecified atom stereocenters. The van der Waals surface area contributed by atoms with Crippen LogP contribution >= 0.6 is 0 Å². The lowest BCUT2D eigenvalue weighted by atomic mass is 9.97. The van der Waals surface area contributed by atoms with Gasteiger partial charge in [-0.05, 0) is 66.3 Å². The number of carbonyl (C=O) groups excluding carboxylic acids is 1. The minimum absolute atomic E-state index is 0.0821. The Kier molecular flexibility index (Phi) is 7.46. The van der Waals surface area contributed by atoms with Crippen LogP contribution in [0.3, 0.4) is 0 Å². The van der Waals surface area contributed by atoms with Crippen LogP contribution in [0, 0.1) is 12.8 Å². The van der Waals surface area contributed by atoms with Crippen molar-refractivity contribution < 1.29 is 19.4 Å². The molecule has 0 saturated heterocycles. The van der Waals surface area contributed by atoms with Crippen molar-refractivity contribution >= 4 is 17.6 Å². The van der Waals surface area contributed by atoms with Crippen molar-refractivity contribution in [2.45, 2.75) is 33.6 Å². The molecule has 0 atom stereocenters. The van der Waals surface area contributed by atoms with Crippen LogP contribution in [-0.4, -0.2) is 35.1 Å². The van der Waals surface area contributed by atoms with Gasteiger partial charge >= 0.3 is 5.97 Å². The van der Waals surface area contributed by atoms with Crippen LogP contribution in [0.4, 0.5) is 5.69 Å². The Bertz CT molecular complexity index is 1510. The molecule has 1 aliphatic rings. The van der Waals surface area contributed by atoms with Crippen LogP contribution in [0.15, 0.2) is 78.9 Å². The van der Waals surface area contributed by atoms with Crippen LogP contribution in [0.5, 0.6) is 5.75 Å². The van der Waals surface area contributed by atoms with Crippen molar-refractivity contribution in [3.8, 4) is 39.4 Å². The van der Waals surface area contributed by atoms with Gasteiger partial charge in [0.05, 0.1) is 23.5 Å². The Morgan fingerprint density at radius 2 is 1.54 bits per heavy atom. The number of nitrogens with zero attached hydrogens (tertiary/aromatic N) is 2. The van der Waals surface area contributed by atoms with Gasteiger partial charge in [-0.25, -0.2) is 4.98 Å². The number of ether oxygens (including phenoxy) is 1. The lowest BCUT2D eigenvalue weighted by Gasteiger charge is -2.29. The fourth-order valence-electron chi connectivity index (χ4n) is 4.84. The standard InChI is InChI=1S/C33H32N2O4/c1-21(2)16-23-6-10-25(11-7-23)28-17-27(24-8-4-22(3)5-9-24)18-29(34-28)26-12-13-31-30(19-26)35(15-14-33(37)38)32(36)20-39-31/h4-13,17-19,21H,14-16,20H2,1-3H3,(H,37,38). The van der Waals surface area contributed by atoms with Gasteiger partial charge in [0.25, 0.3) is 5.91 Å². The monoisotopic (exact) mass is 520 g/mol. The molecule has 0 aliphatic carbocycles. The van der Waals surface area contributed by atoms with Gasteiger partial charge in [-0.2, -0.15) is 0 Å². The molecule has 1 aromatic heterocycles. The Morgan fingerprint density at radius 1 is 0.897 bits per heavy atom. The number of pyridine rings is 1. The van der Waals surface area contributed by atoms with E-state index >= 15 is 0 Å². The summed E-state index contributed by atoms with van der Waals surface area (Å²) in [7, 11) is 0. The van der Waals surface area contributed by atoms with Gasteiger partial charge in [-0.3, -0.25) is 9.59 Å². The molecule has 6 heteroatoms. The zero-order valence-electron chi connectivity index (χ0n) is 22.5. The van der Waals surface area contributed by atoms with Gasteiger partial charge in [0.1, 0.15) is 5.75 Å². The Hall–Kier alpha value is -4.45. The number of anilines is 1. The zero-order valence-corrected chi connectivity index (χ0v) is 22.5. The lowest BCUT2D eigenvalue weighted by molar-refractivity contribution is -0.136. The Balaban J connectivity index is 1.59. The highest BCUT2D eigenvalue weighted by atomic mass is 16.5. The molecule has 39 heavy (non-hydrogen) atoms. The summed E-state index contributed by atoms with van der Waals surface area (Å²) in [6.45, 7) is 6.47. The van der Waals surface area contributed by atoms with E-state index < -0.39 is 5.97 Å². The number of benzene rings is 3. The van der Waals surface area contributed by atoms with Crippen LogP contribution in [0.1, 0.15) is 31.4 Å². The van der Waals surface area contributed by atoms with Crippen molar-refractivity contribution in [3.63, 3.8) is 0 Å². The molecule has 1 aliphatic heterocycles. The first-order valence-electron chi connectivity index (χ1n) is 13.2. The van der Waals surface area contributed by atoms with Crippen LogP contribution in [0.25, 0.3) is 33.6 Å². The first-order valence-corrected chi connectivity index (χ1v) is 13.2. The second kappa shape index (κ2) is 11.1. The molecule has 5 rings (SSSR count). The fourth-order valence-corrected chi connectivity index (χ4v) is 4.84. The quantitative estimate of drug-likeness (QED) is 0.277. The second-order valence-corrected chi connectivity index (χ2v) is 10.4. The predicted octanol–water partition coefficient (Wildman–Crippen LogP) is 6.79. The molecule has 0 fully saturated rings. The summed E-state index contributed by atoms with van der Waals surface area (Å²) >= 11 is 0. The average Bonchev–Trinajstić information content (AvgIpc) is 2.92. The molecule has 198 valence electrons. The second-order valence-electron chi connectivity index (χ2n) is 10.4. The van der Waals surface area contributed by atoms with Crippen molar-refractivity contribution in [1.82, 2.24) is 4.98 Å².